The molecule has 1 aliphatic heterocycles. The molecule has 0 aliphatic carbocycles. The van der Waals surface area contributed by atoms with Crippen LogP contribution in [0.1, 0.15) is 18.4 Å². The fourth-order valence-electron chi connectivity index (χ4n) is 3.13. The number of rotatable bonds is 6. The second-order valence-electron chi connectivity index (χ2n) is 6.60. The molecule has 3 rings (SSSR count). The Kier molecular flexibility index (Phi) is 6.16. The number of sulfone groups is 1. The van der Waals surface area contributed by atoms with Crippen LogP contribution in [-0.4, -0.2) is 33.2 Å². The highest BCUT2D eigenvalue weighted by Crippen LogP contribution is 2.25. The Bertz CT molecular complexity index is 944. The lowest BCUT2D eigenvalue weighted by Crippen LogP contribution is -2.24. The van der Waals surface area contributed by atoms with E-state index in [1.54, 1.807) is 30.3 Å². The first-order valence-corrected chi connectivity index (χ1v) is 11.2. The maximum atomic E-state index is 13.9. The highest BCUT2D eigenvalue weighted by Gasteiger charge is 2.19. The third-order valence-corrected chi connectivity index (χ3v) is 6.23. The molecular formula is C19H20BrFN2O3S. The van der Waals surface area contributed by atoms with Crippen molar-refractivity contribution in [3.63, 3.8) is 0 Å². The quantitative estimate of drug-likeness (QED) is 0.721. The number of nitrogens with zero attached hydrogens (tertiary/aromatic N) is 1. The molecule has 1 saturated heterocycles. The molecule has 2 aromatic carbocycles. The molecule has 1 amide bonds. The van der Waals surface area contributed by atoms with E-state index >= 15 is 0 Å². The molecule has 0 spiro atoms. The average Bonchev–Trinajstić information content (AvgIpc) is 3.07. The number of anilines is 2. The van der Waals surface area contributed by atoms with Crippen LogP contribution in [0.4, 0.5) is 15.8 Å². The number of amides is 1. The van der Waals surface area contributed by atoms with Gasteiger partial charge in [-0.15, -0.1) is 0 Å². The predicted octanol–water partition coefficient (Wildman–Crippen LogP) is 3.74. The van der Waals surface area contributed by atoms with Gasteiger partial charge in [0.15, 0.2) is 9.84 Å². The zero-order chi connectivity index (χ0) is 19.4. The topological polar surface area (TPSA) is 66.5 Å². The van der Waals surface area contributed by atoms with Crippen LogP contribution in [0.3, 0.4) is 0 Å². The molecule has 1 fully saturated rings. The van der Waals surface area contributed by atoms with Crippen LogP contribution in [0.15, 0.2) is 46.9 Å². The van der Waals surface area contributed by atoms with Crippen molar-refractivity contribution < 1.29 is 17.6 Å². The molecule has 1 N–H and O–H groups in total. The first-order valence-electron chi connectivity index (χ1n) is 8.61. The molecule has 27 heavy (non-hydrogen) atoms. The van der Waals surface area contributed by atoms with Crippen LogP contribution in [0.2, 0.25) is 0 Å². The van der Waals surface area contributed by atoms with Crippen molar-refractivity contribution in [1.29, 1.82) is 0 Å². The van der Waals surface area contributed by atoms with E-state index in [2.05, 4.69) is 21.2 Å². The van der Waals surface area contributed by atoms with Gasteiger partial charge in [-0.05, 0) is 48.7 Å². The van der Waals surface area contributed by atoms with Crippen molar-refractivity contribution in [3.05, 3.63) is 58.3 Å². The largest absolute Gasteiger partial charge is 0.371 e. The molecule has 5 nitrogen and oxygen atoms in total. The van der Waals surface area contributed by atoms with Gasteiger partial charge < -0.3 is 10.2 Å². The van der Waals surface area contributed by atoms with Gasteiger partial charge in [-0.1, -0.05) is 28.1 Å². The number of benzene rings is 2. The van der Waals surface area contributed by atoms with Crippen LogP contribution >= 0.6 is 15.9 Å². The second kappa shape index (κ2) is 8.39. The van der Waals surface area contributed by atoms with Crippen LogP contribution in [0.5, 0.6) is 0 Å². The predicted molar refractivity (Wildman–Crippen MR) is 108 cm³/mol. The molecular weight excluding hydrogens is 435 g/mol. The van der Waals surface area contributed by atoms with E-state index in [1.807, 2.05) is 4.90 Å². The second-order valence-corrected chi connectivity index (χ2v) is 9.58. The van der Waals surface area contributed by atoms with Gasteiger partial charge in [0.2, 0.25) is 5.91 Å². The van der Waals surface area contributed by atoms with E-state index in [9.17, 15) is 17.6 Å². The van der Waals surface area contributed by atoms with Gasteiger partial charge in [-0.2, -0.15) is 0 Å². The molecule has 0 bridgehead atoms. The smallest absolute Gasteiger partial charge is 0.239 e. The van der Waals surface area contributed by atoms with Crippen molar-refractivity contribution in [2.24, 2.45) is 0 Å². The Morgan fingerprint density at radius 3 is 2.59 bits per heavy atom. The van der Waals surface area contributed by atoms with Crippen LogP contribution in [0, 0.1) is 5.82 Å². The summed E-state index contributed by atoms with van der Waals surface area (Å²) in [5.74, 6) is -2.04. The average molecular weight is 455 g/mol. The Morgan fingerprint density at radius 1 is 1.15 bits per heavy atom. The van der Waals surface area contributed by atoms with E-state index in [4.69, 9.17) is 0 Å². The highest BCUT2D eigenvalue weighted by atomic mass is 79.9. The molecule has 0 aromatic heterocycles. The maximum absolute atomic E-state index is 13.9. The van der Waals surface area contributed by atoms with Gasteiger partial charge in [-0.25, -0.2) is 12.8 Å². The molecule has 0 atom stereocenters. The van der Waals surface area contributed by atoms with Crippen LogP contribution in [-0.2, 0) is 20.4 Å². The first-order chi connectivity index (χ1) is 12.8. The fourth-order valence-corrected chi connectivity index (χ4v) is 4.84. The van der Waals surface area contributed by atoms with E-state index in [0.717, 1.165) is 30.4 Å². The summed E-state index contributed by atoms with van der Waals surface area (Å²) in [6.45, 7) is 1.69. The summed E-state index contributed by atoms with van der Waals surface area (Å²) in [7, 11) is -3.64. The summed E-state index contributed by atoms with van der Waals surface area (Å²) in [5, 5.41) is 2.51. The molecule has 144 valence electrons. The lowest BCUT2D eigenvalue weighted by Gasteiger charge is -2.18. The molecule has 1 heterocycles. The number of nitrogens with one attached hydrogen (secondary N) is 1. The maximum Gasteiger partial charge on any atom is 0.239 e. The lowest BCUT2D eigenvalue weighted by molar-refractivity contribution is -0.113. The summed E-state index contributed by atoms with van der Waals surface area (Å²) in [4.78, 5) is 14.2. The summed E-state index contributed by atoms with van der Waals surface area (Å²) in [6.07, 6.45) is 2.10. The monoisotopic (exact) mass is 454 g/mol. The van der Waals surface area contributed by atoms with Gasteiger partial charge in [0.1, 0.15) is 11.6 Å². The number of carbonyl (C=O) groups excluding carboxylic acids is 1. The number of hydrogen-bond acceptors (Lipinski definition) is 4. The Labute approximate surface area is 166 Å². The zero-order valence-corrected chi connectivity index (χ0v) is 17.0. The van der Waals surface area contributed by atoms with Crippen molar-refractivity contribution in [3.8, 4) is 0 Å². The Balaban J connectivity index is 1.66. The SMILES string of the molecule is O=C(CS(=O)(=O)Cc1cccc(Br)c1)Nc1cc(F)cc(N2CCCC2)c1. The minimum absolute atomic E-state index is 0.234. The molecule has 0 radical (unpaired) electrons. The van der Waals surface area contributed by atoms with Crippen molar-refractivity contribution in [1.82, 2.24) is 0 Å². The molecule has 0 unspecified atom stereocenters. The fraction of sp³-hybridized carbons (Fsp3) is 0.316. The molecule has 1 aliphatic rings. The number of carbonyl (C=O) groups is 1. The summed E-state index contributed by atoms with van der Waals surface area (Å²) in [5.41, 5.74) is 1.55. The standard InChI is InChI=1S/C19H20BrFN2O3S/c20-15-5-3-4-14(8-15)12-27(25,26)13-19(24)22-17-9-16(21)10-18(11-17)23-6-1-2-7-23/h3-5,8-11H,1-2,6-7,12-13H2,(H,22,24). The van der Waals surface area contributed by atoms with E-state index in [0.29, 0.717) is 11.3 Å². The first kappa shape index (κ1) is 19.8. The minimum Gasteiger partial charge on any atom is -0.371 e. The highest BCUT2D eigenvalue weighted by molar-refractivity contribution is 9.10. The van der Waals surface area contributed by atoms with Gasteiger partial charge in [0.25, 0.3) is 0 Å². The Hall–Kier alpha value is -1.93. The summed E-state index contributed by atoms with van der Waals surface area (Å²) >= 11 is 3.29. The molecule has 8 heteroatoms. The van der Waals surface area contributed by atoms with E-state index < -0.39 is 27.3 Å². The van der Waals surface area contributed by atoms with Gasteiger partial charge >= 0.3 is 0 Å². The number of halogens is 2. The van der Waals surface area contributed by atoms with Crippen LogP contribution in [0.25, 0.3) is 0 Å². The van der Waals surface area contributed by atoms with Crippen molar-refractivity contribution >= 4 is 43.0 Å². The molecule has 2 aromatic rings. The summed E-state index contributed by atoms with van der Waals surface area (Å²) < 4.78 is 39.3. The van der Waals surface area contributed by atoms with Gasteiger partial charge in [0.05, 0.1) is 5.75 Å². The van der Waals surface area contributed by atoms with Gasteiger partial charge in [0, 0.05) is 28.9 Å². The number of hydrogen-bond donors (Lipinski definition) is 1. The third kappa shape index (κ3) is 5.77. The van der Waals surface area contributed by atoms with E-state index in [1.165, 1.54) is 12.1 Å². The molecule has 0 saturated carbocycles. The Morgan fingerprint density at radius 2 is 1.89 bits per heavy atom. The van der Waals surface area contributed by atoms with Crippen molar-refractivity contribution in [2.75, 3.05) is 29.1 Å². The zero-order valence-electron chi connectivity index (χ0n) is 14.6. The minimum atomic E-state index is -3.64. The summed E-state index contributed by atoms with van der Waals surface area (Å²) in [6, 6.07) is 11.2. The lowest BCUT2D eigenvalue weighted by atomic mass is 10.2. The van der Waals surface area contributed by atoms with Crippen LogP contribution < -0.4 is 10.2 Å². The normalized spacial score (nSPS) is 14.4. The van der Waals surface area contributed by atoms with E-state index in [-0.39, 0.29) is 11.4 Å². The van der Waals surface area contributed by atoms with Crippen molar-refractivity contribution in [2.45, 2.75) is 18.6 Å². The third-order valence-electron chi connectivity index (χ3n) is 4.26. The van der Waals surface area contributed by atoms with Gasteiger partial charge in [-0.3, -0.25) is 4.79 Å².